The molecule has 0 aliphatic rings. The molecule has 96 valence electrons. The van der Waals surface area contributed by atoms with Gasteiger partial charge in [0.1, 0.15) is 0 Å². The van der Waals surface area contributed by atoms with Gasteiger partial charge in [0.25, 0.3) is 0 Å². The lowest BCUT2D eigenvalue weighted by Gasteiger charge is -2.11. The fourth-order valence-electron chi connectivity index (χ4n) is 1.24. The van der Waals surface area contributed by atoms with E-state index in [1.807, 2.05) is 6.92 Å². The maximum Gasteiger partial charge on any atom is 0.389 e. The van der Waals surface area contributed by atoms with E-state index >= 15 is 0 Å². The minimum absolute atomic E-state index is 0.0345. The van der Waals surface area contributed by atoms with Crippen LogP contribution in [0.2, 0.25) is 0 Å². The van der Waals surface area contributed by atoms with E-state index in [4.69, 9.17) is 5.73 Å². The summed E-state index contributed by atoms with van der Waals surface area (Å²) in [6, 6.07) is -0.549. The zero-order valence-corrected chi connectivity index (χ0v) is 9.44. The minimum Gasteiger partial charge on any atom is -0.355 e. The number of rotatable bonds is 7. The third kappa shape index (κ3) is 8.52. The number of nitrogens with one attached hydrogen (secondary N) is 1. The highest BCUT2D eigenvalue weighted by Crippen LogP contribution is 2.21. The number of hydrogen-bond donors (Lipinski definition) is 2. The first kappa shape index (κ1) is 15.2. The molecule has 0 bridgehead atoms. The van der Waals surface area contributed by atoms with Crippen molar-refractivity contribution in [1.82, 2.24) is 5.32 Å². The predicted octanol–water partition coefficient (Wildman–Crippen LogP) is 1.96. The molecule has 16 heavy (non-hydrogen) atoms. The largest absolute Gasteiger partial charge is 0.389 e. The number of nitrogens with two attached hydrogens (primary N) is 1. The van der Waals surface area contributed by atoms with Gasteiger partial charge in [0.2, 0.25) is 5.91 Å². The van der Waals surface area contributed by atoms with Crippen LogP contribution in [0.4, 0.5) is 13.2 Å². The monoisotopic (exact) mass is 240 g/mol. The van der Waals surface area contributed by atoms with Crippen LogP contribution in [0, 0.1) is 0 Å². The standard InChI is InChI=1S/C10H19F3N2O/c1-2-5-8(14)9(16)15-7-4-3-6-10(11,12)13/h8H,2-7,14H2,1H3,(H,15,16). The Morgan fingerprint density at radius 2 is 2.00 bits per heavy atom. The van der Waals surface area contributed by atoms with Crippen molar-refractivity contribution in [2.24, 2.45) is 5.73 Å². The molecule has 0 aliphatic heterocycles. The van der Waals surface area contributed by atoms with Gasteiger partial charge < -0.3 is 11.1 Å². The summed E-state index contributed by atoms with van der Waals surface area (Å²) in [4.78, 5) is 11.2. The Morgan fingerprint density at radius 3 is 2.50 bits per heavy atom. The second-order valence-electron chi connectivity index (χ2n) is 3.76. The normalized spacial score (nSPS) is 13.6. The Hall–Kier alpha value is -0.780. The molecule has 0 fully saturated rings. The topological polar surface area (TPSA) is 55.1 Å². The van der Waals surface area contributed by atoms with Crippen LogP contribution in [-0.2, 0) is 4.79 Å². The highest BCUT2D eigenvalue weighted by Gasteiger charge is 2.25. The molecule has 0 saturated heterocycles. The summed E-state index contributed by atoms with van der Waals surface area (Å²) in [5.41, 5.74) is 5.52. The van der Waals surface area contributed by atoms with Gasteiger partial charge in [-0.15, -0.1) is 0 Å². The third-order valence-electron chi connectivity index (χ3n) is 2.12. The lowest BCUT2D eigenvalue weighted by atomic mass is 10.1. The van der Waals surface area contributed by atoms with Gasteiger partial charge in [-0.25, -0.2) is 0 Å². The second-order valence-corrected chi connectivity index (χ2v) is 3.76. The highest BCUT2D eigenvalue weighted by atomic mass is 19.4. The van der Waals surface area contributed by atoms with Crippen molar-refractivity contribution >= 4 is 5.91 Å². The van der Waals surface area contributed by atoms with Crippen LogP contribution >= 0.6 is 0 Å². The van der Waals surface area contributed by atoms with Gasteiger partial charge in [-0.1, -0.05) is 13.3 Å². The van der Waals surface area contributed by atoms with Crippen molar-refractivity contribution in [2.75, 3.05) is 6.54 Å². The summed E-state index contributed by atoms with van der Waals surface area (Å²) in [5, 5.41) is 2.52. The van der Waals surface area contributed by atoms with Crippen LogP contribution in [0.25, 0.3) is 0 Å². The maximum absolute atomic E-state index is 11.8. The van der Waals surface area contributed by atoms with Crippen molar-refractivity contribution in [3.05, 3.63) is 0 Å². The number of hydrogen-bond acceptors (Lipinski definition) is 2. The van der Waals surface area contributed by atoms with Crippen LogP contribution < -0.4 is 11.1 Å². The molecule has 6 heteroatoms. The molecule has 0 saturated carbocycles. The first-order valence-electron chi connectivity index (χ1n) is 5.47. The van der Waals surface area contributed by atoms with E-state index < -0.39 is 18.6 Å². The predicted molar refractivity (Wildman–Crippen MR) is 55.8 cm³/mol. The lowest BCUT2D eigenvalue weighted by molar-refractivity contribution is -0.135. The van der Waals surface area contributed by atoms with E-state index in [1.54, 1.807) is 0 Å². The fraction of sp³-hybridized carbons (Fsp3) is 0.900. The van der Waals surface area contributed by atoms with Gasteiger partial charge in [-0.2, -0.15) is 13.2 Å². The van der Waals surface area contributed by atoms with Crippen LogP contribution in [0.5, 0.6) is 0 Å². The smallest absolute Gasteiger partial charge is 0.355 e. The summed E-state index contributed by atoms with van der Waals surface area (Å²) >= 11 is 0. The highest BCUT2D eigenvalue weighted by molar-refractivity contribution is 5.81. The number of halogens is 3. The van der Waals surface area contributed by atoms with Gasteiger partial charge in [0.15, 0.2) is 0 Å². The van der Waals surface area contributed by atoms with Gasteiger partial charge in [0, 0.05) is 13.0 Å². The fourth-order valence-corrected chi connectivity index (χ4v) is 1.24. The molecular formula is C10H19F3N2O. The van der Waals surface area contributed by atoms with Crippen LogP contribution in [-0.4, -0.2) is 24.7 Å². The maximum atomic E-state index is 11.8. The number of alkyl halides is 3. The summed E-state index contributed by atoms with van der Waals surface area (Å²) in [5.74, 6) is -0.283. The third-order valence-corrected chi connectivity index (χ3v) is 2.12. The first-order chi connectivity index (χ1) is 7.37. The van der Waals surface area contributed by atoms with Crippen molar-refractivity contribution in [1.29, 1.82) is 0 Å². The number of unbranched alkanes of at least 4 members (excludes halogenated alkanes) is 1. The zero-order valence-electron chi connectivity index (χ0n) is 9.44. The molecule has 0 aromatic heterocycles. The Labute approximate surface area is 93.6 Å². The van der Waals surface area contributed by atoms with E-state index in [2.05, 4.69) is 5.32 Å². The number of carbonyl (C=O) groups excluding carboxylic acids is 1. The van der Waals surface area contributed by atoms with Crippen molar-refractivity contribution in [3.8, 4) is 0 Å². The van der Waals surface area contributed by atoms with Gasteiger partial charge >= 0.3 is 6.18 Å². The summed E-state index contributed by atoms with van der Waals surface area (Å²) in [6.07, 6.45) is -3.15. The molecule has 0 radical (unpaired) electrons. The van der Waals surface area contributed by atoms with E-state index in [1.165, 1.54) is 0 Å². The molecular weight excluding hydrogens is 221 g/mol. The first-order valence-corrected chi connectivity index (χ1v) is 5.47. The van der Waals surface area contributed by atoms with Crippen LogP contribution in [0.3, 0.4) is 0 Å². The van der Waals surface area contributed by atoms with Crippen LogP contribution in [0.15, 0.2) is 0 Å². The molecule has 1 atom stereocenters. The SMILES string of the molecule is CCCC(N)C(=O)NCCCCC(F)(F)F. The molecule has 3 nitrogen and oxygen atoms in total. The Bertz CT molecular complexity index is 207. The lowest BCUT2D eigenvalue weighted by Crippen LogP contribution is -2.40. The van der Waals surface area contributed by atoms with Crippen molar-refractivity contribution in [2.45, 2.75) is 51.2 Å². The molecule has 0 aromatic carbocycles. The molecule has 0 heterocycles. The second kappa shape index (κ2) is 7.49. The Morgan fingerprint density at radius 1 is 1.38 bits per heavy atom. The van der Waals surface area contributed by atoms with E-state index in [9.17, 15) is 18.0 Å². The quantitative estimate of drug-likeness (QED) is 0.668. The average molecular weight is 240 g/mol. The van der Waals surface area contributed by atoms with Crippen LogP contribution in [0.1, 0.15) is 39.0 Å². The Kier molecular flexibility index (Phi) is 7.12. The molecule has 0 aromatic rings. The number of amides is 1. The molecule has 0 aliphatic carbocycles. The summed E-state index contributed by atoms with van der Waals surface area (Å²) in [7, 11) is 0. The molecule has 1 amide bonds. The van der Waals surface area contributed by atoms with Gasteiger partial charge in [0.05, 0.1) is 6.04 Å². The minimum atomic E-state index is -4.11. The summed E-state index contributed by atoms with van der Waals surface area (Å²) < 4.78 is 35.3. The van der Waals surface area contributed by atoms with E-state index in [0.29, 0.717) is 12.8 Å². The molecule has 0 spiro atoms. The summed E-state index contributed by atoms with van der Waals surface area (Å²) in [6.45, 7) is 2.17. The Balaban J connectivity index is 3.48. The molecule has 0 rings (SSSR count). The average Bonchev–Trinajstić information content (AvgIpc) is 2.15. The van der Waals surface area contributed by atoms with E-state index in [-0.39, 0.29) is 18.9 Å². The zero-order chi connectivity index (χ0) is 12.6. The van der Waals surface area contributed by atoms with Gasteiger partial charge in [-0.3, -0.25) is 4.79 Å². The number of carbonyl (C=O) groups is 1. The van der Waals surface area contributed by atoms with E-state index in [0.717, 1.165) is 6.42 Å². The van der Waals surface area contributed by atoms with Gasteiger partial charge in [-0.05, 0) is 19.3 Å². The van der Waals surface area contributed by atoms with Crippen molar-refractivity contribution < 1.29 is 18.0 Å². The molecule has 3 N–H and O–H groups in total. The van der Waals surface area contributed by atoms with Crippen molar-refractivity contribution in [3.63, 3.8) is 0 Å². The molecule has 1 unspecified atom stereocenters.